The lowest BCUT2D eigenvalue weighted by Crippen LogP contribution is -2.47. The molecule has 36 heavy (non-hydrogen) atoms. The average Bonchev–Trinajstić information content (AvgIpc) is 2.88. The molecular weight excluding hydrogens is 484 g/mol. The van der Waals surface area contributed by atoms with E-state index >= 15 is 0 Å². The van der Waals surface area contributed by atoms with Crippen molar-refractivity contribution in [3.05, 3.63) is 105 Å². The zero-order valence-corrected chi connectivity index (χ0v) is 20.1. The third-order valence-corrected chi connectivity index (χ3v) is 5.99. The van der Waals surface area contributed by atoms with Gasteiger partial charge in [0.2, 0.25) is 0 Å². The maximum Gasteiger partial charge on any atom is 0.270 e. The molecule has 1 saturated heterocycles. The first kappa shape index (κ1) is 25.3. The summed E-state index contributed by atoms with van der Waals surface area (Å²) < 4.78 is 5.81. The topological polar surface area (TPSA) is 114 Å². The standard InChI is InChI=1S/C26H25ClN4O5/c27-20-8-4-7-19(13-20)25(32)29-24-10-9-21(31(34)35)14-23(24)26(33)28-15-22-17-30(11-12-36-22)16-18-5-2-1-3-6-18/h1-10,13-14,22H,11-12,15-17H2,(H,28,33)(H,29,32). The van der Waals surface area contributed by atoms with E-state index in [0.29, 0.717) is 23.7 Å². The van der Waals surface area contributed by atoms with Crippen molar-refractivity contribution in [2.45, 2.75) is 12.6 Å². The number of hydrogen-bond donors (Lipinski definition) is 2. The number of nitrogens with zero attached hydrogens (tertiary/aromatic N) is 2. The minimum atomic E-state index is -0.592. The van der Waals surface area contributed by atoms with E-state index < -0.39 is 16.7 Å². The lowest BCUT2D eigenvalue weighted by molar-refractivity contribution is -0.384. The molecule has 1 fully saturated rings. The Balaban J connectivity index is 1.43. The van der Waals surface area contributed by atoms with Crippen molar-refractivity contribution in [3.8, 4) is 0 Å². The number of rotatable bonds is 8. The fourth-order valence-corrected chi connectivity index (χ4v) is 4.15. The van der Waals surface area contributed by atoms with Crippen molar-refractivity contribution in [2.75, 3.05) is 31.6 Å². The maximum atomic E-state index is 13.1. The first-order valence-electron chi connectivity index (χ1n) is 11.4. The van der Waals surface area contributed by atoms with Crippen LogP contribution in [0.25, 0.3) is 0 Å². The first-order chi connectivity index (χ1) is 17.4. The van der Waals surface area contributed by atoms with Gasteiger partial charge in [0.15, 0.2) is 0 Å². The summed E-state index contributed by atoms with van der Waals surface area (Å²) in [5.41, 5.74) is 1.36. The second-order valence-electron chi connectivity index (χ2n) is 8.38. The number of nitrogens with one attached hydrogen (secondary N) is 2. The van der Waals surface area contributed by atoms with Gasteiger partial charge in [-0.2, -0.15) is 0 Å². The van der Waals surface area contributed by atoms with Gasteiger partial charge in [-0.15, -0.1) is 0 Å². The number of benzene rings is 3. The Labute approximate surface area is 213 Å². The average molecular weight is 509 g/mol. The van der Waals surface area contributed by atoms with Crippen LogP contribution in [0.4, 0.5) is 11.4 Å². The molecule has 9 nitrogen and oxygen atoms in total. The highest BCUT2D eigenvalue weighted by molar-refractivity contribution is 6.31. The Morgan fingerprint density at radius 3 is 2.61 bits per heavy atom. The van der Waals surface area contributed by atoms with Crippen molar-refractivity contribution >= 4 is 34.8 Å². The molecule has 0 bridgehead atoms. The molecule has 2 N–H and O–H groups in total. The van der Waals surface area contributed by atoms with Gasteiger partial charge < -0.3 is 15.4 Å². The Morgan fingerprint density at radius 1 is 1.06 bits per heavy atom. The van der Waals surface area contributed by atoms with E-state index in [9.17, 15) is 19.7 Å². The largest absolute Gasteiger partial charge is 0.374 e. The van der Waals surface area contributed by atoms with Gasteiger partial charge in [-0.05, 0) is 29.8 Å². The molecular formula is C26H25ClN4O5. The quantitative estimate of drug-likeness (QED) is 0.349. The SMILES string of the molecule is O=C(Nc1ccc([N+](=O)[O-])cc1C(=O)NCC1CN(Cc2ccccc2)CCO1)c1cccc(Cl)c1. The lowest BCUT2D eigenvalue weighted by atomic mass is 10.1. The zero-order valence-electron chi connectivity index (χ0n) is 19.4. The molecule has 1 aliphatic rings. The first-order valence-corrected chi connectivity index (χ1v) is 11.8. The van der Waals surface area contributed by atoms with Crippen LogP contribution in [-0.2, 0) is 11.3 Å². The summed E-state index contributed by atoms with van der Waals surface area (Å²) in [6.07, 6.45) is -0.241. The van der Waals surface area contributed by atoms with Crippen molar-refractivity contribution in [2.24, 2.45) is 0 Å². The molecule has 186 valence electrons. The number of hydrogen-bond acceptors (Lipinski definition) is 6. The Bertz CT molecular complexity index is 1250. The fourth-order valence-electron chi connectivity index (χ4n) is 3.96. The van der Waals surface area contributed by atoms with Crippen LogP contribution in [0.5, 0.6) is 0 Å². The Hall–Kier alpha value is -3.79. The lowest BCUT2D eigenvalue weighted by Gasteiger charge is -2.33. The summed E-state index contributed by atoms with van der Waals surface area (Å²) in [6.45, 7) is 2.94. The van der Waals surface area contributed by atoms with E-state index in [1.807, 2.05) is 18.2 Å². The molecule has 3 aromatic rings. The van der Waals surface area contributed by atoms with E-state index in [-0.39, 0.29) is 29.6 Å². The molecule has 0 saturated carbocycles. The highest BCUT2D eigenvalue weighted by atomic mass is 35.5. The Kier molecular flexibility index (Phi) is 8.27. The highest BCUT2D eigenvalue weighted by Crippen LogP contribution is 2.23. The van der Waals surface area contributed by atoms with Crippen molar-refractivity contribution in [1.29, 1.82) is 0 Å². The van der Waals surface area contributed by atoms with E-state index in [0.717, 1.165) is 19.2 Å². The molecule has 1 unspecified atom stereocenters. The minimum absolute atomic E-state index is 0.0171. The normalized spacial score (nSPS) is 15.8. The molecule has 1 aliphatic heterocycles. The van der Waals surface area contributed by atoms with Crippen LogP contribution in [0.3, 0.4) is 0 Å². The summed E-state index contributed by atoms with van der Waals surface area (Å²) in [7, 11) is 0. The van der Waals surface area contributed by atoms with Crippen LogP contribution in [0.1, 0.15) is 26.3 Å². The molecule has 3 aromatic carbocycles. The van der Waals surface area contributed by atoms with Gasteiger partial charge >= 0.3 is 0 Å². The second kappa shape index (κ2) is 11.8. The van der Waals surface area contributed by atoms with Crippen molar-refractivity contribution in [3.63, 3.8) is 0 Å². The molecule has 0 spiro atoms. The molecule has 4 rings (SSSR count). The van der Waals surface area contributed by atoms with Gasteiger partial charge in [0, 0.05) is 48.9 Å². The van der Waals surface area contributed by atoms with Gasteiger partial charge in [0.1, 0.15) is 0 Å². The minimum Gasteiger partial charge on any atom is -0.374 e. The van der Waals surface area contributed by atoms with Crippen molar-refractivity contribution in [1.82, 2.24) is 10.2 Å². The van der Waals surface area contributed by atoms with Crippen molar-refractivity contribution < 1.29 is 19.2 Å². The van der Waals surface area contributed by atoms with Gasteiger partial charge in [0.05, 0.1) is 28.9 Å². The molecule has 1 atom stereocenters. The molecule has 10 heteroatoms. The highest BCUT2D eigenvalue weighted by Gasteiger charge is 2.23. The van der Waals surface area contributed by atoms with Crippen LogP contribution >= 0.6 is 11.6 Å². The van der Waals surface area contributed by atoms with E-state index in [1.165, 1.54) is 23.8 Å². The Morgan fingerprint density at radius 2 is 1.86 bits per heavy atom. The number of halogens is 1. The van der Waals surface area contributed by atoms with Crippen LogP contribution in [0, 0.1) is 10.1 Å². The predicted octanol–water partition coefficient (Wildman–Crippen LogP) is 4.13. The third kappa shape index (κ3) is 6.66. The summed E-state index contributed by atoms with van der Waals surface area (Å²) in [5, 5.41) is 17.1. The number of morpholine rings is 1. The van der Waals surface area contributed by atoms with Crippen LogP contribution < -0.4 is 10.6 Å². The second-order valence-corrected chi connectivity index (χ2v) is 8.81. The van der Waals surface area contributed by atoms with Crippen LogP contribution in [0.2, 0.25) is 5.02 Å². The van der Waals surface area contributed by atoms with Gasteiger partial charge in [-0.3, -0.25) is 24.6 Å². The molecule has 2 amide bonds. The molecule has 0 radical (unpaired) electrons. The summed E-state index contributed by atoms with van der Waals surface area (Å²) >= 11 is 5.97. The maximum absolute atomic E-state index is 13.1. The van der Waals surface area contributed by atoms with Gasteiger partial charge in [-0.1, -0.05) is 48.0 Å². The van der Waals surface area contributed by atoms with E-state index in [1.54, 1.807) is 18.2 Å². The number of carbonyl (C=O) groups is 2. The zero-order chi connectivity index (χ0) is 25.5. The number of ether oxygens (including phenoxy) is 1. The number of non-ortho nitro benzene ring substituents is 1. The number of nitro benzene ring substituents is 1. The molecule has 0 aromatic heterocycles. The van der Waals surface area contributed by atoms with Gasteiger partial charge in [-0.25, -0.2) is 0 Å². The number of amides is 2. The smallest absolute Gasteiger partial charge is 0.270 e. The summed E-state index contributed by atoms with van der Waals surface area (Å²) in [5.74, 6) is -1.04. The summed E-state index contributed by atoms with van der Waals surface area (Å²) in [4.78, 5) is 38.7. The number of carbonyl (C=O) groups excluding carboxylic acids is 2. The third-order valence-electron chi connectivity index (χ3n) is 5.76. The number of nitro groups is 1. The van der Waals surface area contributed by atoms with Crippen LogP contribution in [-0.4, -0.2) is 54.0 Å². The van der Waals surface area contributed by atoms with E-state index in [2.05, 4.69) is 27.7 Å². The molecule has 0 aliphatic carbocycles. The monoisotopic (exact) mass is 508 g/mol. The van der Waals surface area contributed by atoms with Crippen LogP contribution in [0.15, 0.2) is 72.8 Å². The predicted molar refractivity (Wildman–Crippen MR) is 136 cm³/mol. The fraction of sp³-hybridized carbons (Fsp3) is 0.231. The number of anilines is 1. The van der Waals surface area contributed by atoms with Gasteiger partial charge in [0.25, 0.3) is 17.5 Å². The van der Waals surface area contributed by atoms with E-state index in [4.69, 9.17) is 16.3 Å². The molecule has 1 heterocycles. The summed E-state index contributed by atoms with van der Waals surface area (Å²) in [6, 6.07) is 20.1.